The fourth-order valence-electron chi connectivity index (χ4n) is 2.38. The summed E-state index contributed by atoms with van der Waals surface area (Å²) < 4.78 is 10.3. The van der Waals surface area contributed by atoms with E-state index in [-0.39, 0.29) is 25.0 Å². The van der Waals surface area contributed by atoms with Gasteiger partial charge in [0, 0.05) is 10.6 Å². The molecule has 6 heteroatoms. The van der Waals surface area contributed by atoms with Crippen LogP contribution in [0.3, 0.4) is 0 Å². The SMILES string of the molecule is COc1ccccc1C(C)NC(=O)COC(=O)Cc1ccccc1Cl. The van der Waals surface area contributed by atoms with E-state index in [2.05, 4.69) is 5.32 Å². The summed E-state index contributed by atoms with van der Waals surface area (Å²) in [6, 6.07) is 14.1. The minimum Gasteiger partial charge on any atom is -0.496 e. The lowest BCUT2D eigenvalue weighted by atomic mass is 10.1. The number of ether oxygens (including phenoxy) is 2. The third-order valence-electron chi connectivity index (χ3n) is 3.64. The first kappa shape index (κ1) is 18.8. The normalized spacial score (nSPS) is 11.5. The molecule has 0 radical (unpaired) electrons. The second-order valence-corrected chi connectivity index (χ2v) is 5.87. The molecule has 132 valence electrons. The zero-order valence-corrected chi connectivity index (χ0v) is 14.9. The fourth-order valence-corrected chi connectivity index (χ4v) is 2.58. The van der Waals surface area contributed by atoms with Crippen molar-refractivity contribution in [2.75, 3.05) is 13.7 Å². The second-order valence-electron chi connectivity index (χ2n) is 5.46. The highest BCUT2D eigenvalue weighted by molar-refractivity contribution is 6.31. The monoisotopic (exact) mass is 361 g/mol. The molecule has 25 heavy (non-hydrogen) atoms. The number of benzene rings is 2. The Morgan fingerprint density at radius 3 is 2.52 bits per heavy atom. The van der Waals surface area contributed by atoms with E-state index >= 15 is 0 Å². The molecule has 1 amide bonds. The molecule has 1 atom stereocenters. The number of rotatable bonds is 7. The molecule has 0 saturated heterocycles. The summed E-state index contributed by atoms with van der Waals surface area (Å²) in [5.41, 5.74) is 1.51. The van der Waals surface area contributed by atoms with Crippen molar-refractivity contribution in [1.29, 1.82) is 0 Å². The molecule has 0 aliphatic heterocycles. The highest BCUT2D eigenvalue weighted by Crippen LogP contribution is 2.24. The van der Waals surface area contributed by atoms with Gasteiger partial charge < -0.3 is 14.8 Å². The molecule has 2 aromatic rings. The van der Waals surface area contributed by atoms with Crippen LogP contribution in [0.4, 0.5) is 0 Å². The number of esters is 1. The first-order chi connectivity index (χ1) is 12.0. The topological polar surface area (TPSA) is 64.6 Å². The average Bonchev–Trinajstić information content (AvgIpc) is 2.62. The average molecular weight is 362 g/mol. The number of amides is 1. The number of halogens is 1. The van der Waals surface area contributed by atoms with Crippen LogP contribution in [-0.4, -0.2) is 25.6 Å². The van der Waals surface area contributed by atoms with Crippen molar-refractivity contribution in [3.8, 4) is 5.75 Å². The molecule has 2 rings (SSSR count). The Labute approximate surface area is 151 Å². The molecule has 1 N–H and O–H groups in total. The van der Waals surface area contributed by atoms with Gasteiger partial charge in [0.2, 0.25) is 0 Å². The van der Waals surface area contributed by atoms with Crippen molar-refractivity contribution in [3.63, 3.8) is 0 Å². The van der Waals surface area contributed by atoms with E-state index in [1.165, 1.54) is 0 Å². The molecular formula is C19H20ClNO4. The van der Waals surface area contributed by atoms with Crippen molar-refractivity contribution in [3.05, 3.63) is 64.7 Å². The van der Waals surface area contributed by atoms with Crippen molar-refractivity contribution in [2.24, 2.45) is 0 Å². The maximum absolute atomic E-state index is 12.0. The summed E-state index contributed by atoms with van der Waals surface area (Å²) in [6.45, 7) is 1.49. The van der Waals surface area contributed by atoms with Gasteiger partial charge in [-0.15, -0.1) is 0 Å². The molecule has 0 bridgehead atoms. The van der Waals surface area contributed by atoms with Gasteiger partial charge in [-0.25, -0.2) is 0 Å². The lowest BCUT2D eigenvalue weighted by Crippen LogP contribution is -2.31. The van der Waals surface area contributed by atoms with E-state index in [1.54, 1.807) is 31.4 Å². The Kier molecular flexibility index (Phi) is 6.83. The smallest absolute Gasteiger partial charge is 0.310 e. The molecular weight excluding hydrogens is 342 g/mol. The van der Waals surface area contributed by atoms with E-state index < -0.39 is 5.97 Å². The lowest BCUT2D eigenvalue weighted by Gasteiger charge is -2.17. The van der Waals surface area contributed by atoms with Crippen LogP contribution < -0.4 is 10.1 Å². The number of carbonyl (C=O) groups excluding carboxylic acids is 2. The second kappa shape index (κ2) is 9.08. The third-order valence-corrected chi connectivity index (χ3v) is 4.01. The van der Waals surface area contributed by atoms with Gasteiger partial charge in [0.05, 0.1) is 19.6 Å². The summed E-state index contributed by atoms with van der Waals surface area (Å²) in [4.78, 5) is 23.8. The molecule has 1 unspecified atom stereocenters. The Hall–Kier alpha value is -2.53. The van der Waals surface area contributed by atoms with Gasteiger partial charge in [-0.1, -0.05) is 48.0 Å². The van der Waals surface area contributed by atoms with Gasteiger partial charge in [0.1, 0.15) is 5.75 Å². The maximum Gasteiger partial charge on any atom is 0.310 e. The molecule has 0 spiro atoms. The number of carbonyl (C=O) groups is 2. The predicted molar refractivity (Wildman–Crippen MR) is 95.7 cm³/mol. The summed E-state index contributed by atoms with van der Waals surface area (Å²) in [5, 5.41) is 3.27. The van der Waals surface area contributed by atoms with Crippen LogP contribution in [0.1, 0.15) is 24.1 Å². The Balaban J connectivity index is 1.84. The van der Waals surface area contributed by atoms with Crippen molar-refractivity contribution < 1.29 is 19.1 Å². The Morgan fingerprint density at radius 1 is 1.12 bits per heavy atom. The van der Waals surface area contributed by atoms with Crippen LogP contribution in [0.15, 0.2) is 48.5 Å². The van der Waals surface area contributed by atoms with E-state index in [0.29, 0.717) is 16.3 Å². The van der Waals surface area contributed by atoms with Crippen LogP contribution in [0.5, 0.6) is 5.75 Å². The Morgan fingerprint density at radius 2 is 1.80 bits per heavy atom. The minimum absolute atomic E-state index is 0.0228. The zero-order valence-electron chi connectivity index (χ0n) is 14.1. The number of para-hydroxylation sites is 1. The number of hydrogen-bond donors (Lipinski definition) is 1. The molecule has 2 aromatic carbocycles. The van der Waals surface area contributed by atoms with Gasteiger partial charge >= 0.3 is 5.97 Å². The summed E-state index contributed by atoms with van der Waals surface area (Å²) in [6.07, 6.45) is 0.0228. The van der Waals surface area contributed by atoms with E-state index in [4.69, 9.17) is 21.1 Å². The van der Waals surface area contributed by atoms with Crippen molar-refractivity contribution in [2.45, 2.75) is 19.4 Å². The van der Waals surface area contributed by atoms with Crippen LogP contribution in [0.25, 0.3) is 0 Å². The third kappa shape index (κ3) is 5.50. The van der Waals surface area contributed by atoms with Gasteiger partial charge in [-0.2, -0.15) is 0 Å². The van der Waals surface area contributed by atoms with E-state index in [9.17, 15) is 9.59 Å². The van der Waals surface area contributed by atoms with Crippen LogP contribution >= 0.6 is 11.6 Å². The summed E-state index contributed by atoms with van der Waals surface area (Å²) in [5.74, 6) is -0.204. The largest absolute Gasteiger partial charge is 0.496 e. The van der Waals surface area contributed by atoms with Gasteiger partial charge in [0.15, 0.2) is 6.61 Å². The molecule has 0 aliphatic rings. The number of methoxy groups -OCH3 is 1. The van der Waals surface area contributed by atoms with E-state index in [0.717, 1.165) is 5.56 Å². The summed E-state index contributed by atoms with van der Waals surface area (Å²) >= 11 is 6.00. The van der Waals surface area contributed by atoms with Crippen LogP contribution in [0, 0.1) is 0 Å². The maximum atomic E-state index is 12.0. The predicted octanol–water partition coefficient (Wildman–Crippen LogP) is 3.31. The first-order valence-corrected chi connectivity index (χ1v) is 8.20. The molecule has 0 heterocycles. The van der Waals surface area contributed by atoms with Gasteiger partial charge in [-0.3, -0.25) is 9.59 Å². The quantitative estimate of drug-likeness (QED) is 0.768. The number of nitrogens with one attached hydrogen (secondary N) is 1. The van der Waals surface area contributed by atoms with Crippen molar-refractivity contribution >= 4 is 23.5 Å². The summed E-state index contributed by atoms with van der Waals surface area (Å²) in [7, 11) is 1.57. The molecule has 0 aliphatic carbocycles. The molecule has 0 fully saturated rings. The van der Waals surface area contributed by atoms with Gasteiger partial charge in [0.25, 0.3) is 5.91 Å². The van der Waals surface area contributed by atoms with Crippen LogP contribution in [-0.2, 0) is 20.7 Å². The Bertz CT molecular complexity index is 748. The van der Waals surface area contributed by atoms with Gasteiger partial charge in [-0.05, 0) is 24.6 Å². The number of hydrogen-bond acceptors (Lipinski definition) is 4. The molecule has 5 nitrogen and oxygen atoms in total. The fraction of sp³-hybridized carbons (Fsp3) is 0.263. The first-order valence-electron chi connectivity index (χ1n) is 7.82. The van der Waals surface area contributed by atoms with E-state index in [1.807, 2.05) is 31.2 Å². The van der Waals surface area contributed by atoms with Crippen molar-refractivity contribution in [1.82, 2.24) is 5.32 Å². The standard InChI is InChI=1S/C19H20ClNO4/c1-13(15-8-4-6-10-17(15)24-2)21-18(22)12-25-19(23)11-14-7-3-5-9-16(14)20/h3-10,13H,11-12H2,1-2H3,(H,21,22). The molecule has 0 aromatic heterocycles. The lowest BCUT2D eigenvalue weighted by molar-refractivity contribution is -0.148. The van der Waals surface area contributed by atoms with Crippen LogP contribution in [0.2, 0.25) is 5.02 Å². The zero-order chi connectivity index (χ0) is 18.2. The highest BCUT2D eigenvalue weighted by atomic mass is 35.5. The highest BCUT2D eigenvalue weighted by Gasteiger charge is 2.15. The minimum atomic E-state index is -0.506. The molecule has 0 saturated carbocycles.